The van der Waals surface area contributed by atoms with E-state index in [9.17, 15) is 0 Å². The second-order valence-electron chi connectivity index (χ2n) is 3.14. The minimum atomic E-state index is 0.730. The third kappa shape index (κ3) is 1.21. The van der Waals surface area contributed by atoms with Gasteiger partial charge in [-0.3, -0.25) is 0 Å². The molecule has 3 rings (SSSR count). The number of nitrogens with one attached hydrogen (secondary N) is 1. The van der Waals surface area contributed by atoms with Crippen molar-refractivity contribution in [3.63, 3.8) is 0 Å². The Morgan fingerprint density at radius 3 is 3.14 bits per heavy atom. The Hall–Kier alpha value is -1.33. The zero-order chi connectivity index (χ0) is 9.38. The third-order valence-corrected chi connectivity index (χ3v) is 2.81. The molecule has 1 aliphatic heterocycles. The molecule has 0 fully saturated rings. The van der Waals surface area contributed by atoms with Gasteiger partial charge in [-0.15, -0.1) is 11.3 Å². The van der Waals surface area contributed by atoms with Crippen molar-refractivity contribution in [2.45, 2.75) is 13.1 Å². The predicted octanol–water partition coefficient (Wildman–Crippen LogP) is 1.20. The van der Waals surface area contributed by atoms with E-state index >= 15 is 0 Å². The maximum Gasteiger partial charge on any atom is 0.179 e. The Morgan fingerprint density at radius 1 is 1.29 bits per heavy atom. The quantitative estimate of drug-likeness (QED) is 0.758. The molecule has 0 aliphatic carbocycles. The number of fused-ring (bicyclic) bond motifs is 1. The van der Waals surface area contributed by atoms with E-state index in [1.807, 2.05) is 11.6 Å². The van der Waals surface area contributed by atoms with Crippen LogP contribution >= 0.6 is 11.3 Å². The molecule has 0 aromatic carbocycles. The van der Waals surface area contributed by atoms with Gasteiger partial charge in [0.1, 0.15) is 5.69 Å². The van der Waals surface area contributed by atoms with E-state index < -0.39 is 0 Å². The van der Waals surface area contributed by atoms with Gasteiger partial charge < -0.3 is 5.32 Å². The van der Waals surface area contributed by atoms with E-state index in [0.29, 0.717) is 0 Å². The van der Waals surface area contributed by atoms with E-state index in [0.717, 1.165) is 30.3 Å². The van der Waals surface area contributed by atoms with Gasteiger partial charge in [0.25, 0.3) is 0 Å². The molecule has 0 spiro atoms. The average Bonchev–Trinajstić information content (AvgIpc) is 2.88. The van der Waals surface area contributed by atoms with Crippen molar-refractivity contribution < 1.29 is 0 Å². The summed E-state index contributed by atoms with van der Waals surface area (Å²) >= 11 is 1.56. The van der Waals surface area contributed by atoms with E-state index in [-0.39, 0.29) is 0 Å². The van der Waals surface area contributed by atoms with Crippen LogP contribution in [0, 0.1) is 0 Å². The lowest BCUT2D eigenvalue weighted by atomic mass is 10.3. The number of nitrogens with zero attached hydrogens (tertiary/aromatic N) is 3. The molecule has 14 heavy (non-hydrogen) atoms. The fourth-order valence-corrected chi connectivity index (χ4v) is 2.04. The lowest BCUT2D eigenvalue weighted by Crippen LogP contribution is -2.00. The summed E-state index contributed by atoms with van der Waals surface area (Å²) in [6, 6.07) is 0. The van der Waals surface area contributed by atoms with Crippen LogP contribution < -0.4 is 5.32 Å². The molecule has 0 atom stereocenters. The fourth-order valence-electron chi connectivity index (χ4n) is 1.50. The highest BCUT2D eigenvalue weighted by Gasteiger charge is 2.13. The van der Waals surface area contributed by atoms with Crippen molar-refractivity contribution in [1.29, 1.82) is 0 Å². The lowest BCUT2D eigenvalue weighted by Gasteiger charge is -1.98. The van der Waals surface area contributed by atoms with Gasteiger partial charge in [0.15, 0.2) is 5.82 Å². The number of hydrogen-bond donors (Lipinski definition) is 1. The molecular weight excluding hydrogens is 196 g/mol. The summed E-state index contributed by atoms with van der Waals surface area (Å²) in [5.74, 6) is 0.730. The SMILES string of the molecule is c1nc(-c2ncc3c(n2)CNC3)cs1. The Kier molecular flexibility index (Phi) is 1.78. The van der Waals surface area contributed by atoms with Crippen LogP contribution in [0.5, 0.6) is 0 Å². The number of thiazole rings is 1. The van der Waals surface area contributed by atoms with Crippen LogP contribution in [0.25, 0.3) is 11.5 Å². The summed E-state index contributed by atoms with van der Waals surface area (Å²) in [5.41, 5.74) is 4.96. The van der Waals surface area contributed by atoms with Gasteiger partial charge in [-0.25, -0.2) is 15.0 Å². The monoisotopic (exact) mass is 204 g/mol. The summed E-state index contributed by atoms with van der Waals surface area (Å²) in [4.78, 5) is 12.9. The van der Waals surface area contributed by atoms with Crippen LogP contribution in [0.4, 0.5) is 0 Å². The Morgan fingerprint density at radius 2 is 2.29 bits per heavy atom. The molecular formula is C9H8N4S. The third-order valence-electron chi connectivity index (χ3n) is 2.22. The van der Waals surface area contributed by atoms with Crippen molar-refractivity contribution in [1.82, 2.24) is 20.3 Å². The van der Waals surface area contributed by atoms with Gasteiger partial charge >= 0.3 is 0 Å². The zero-order valence-corrected chi connectivity index (χ0v) is 8.21. The minimum absolute atomic E-state index is 0.730. The molecule has 2 aromatic rings. The number of rotatable bonds is 1. The summed E-state index contributed by atoms with van der Waals surface area (Å²) in [7, 11) is 0. The van der Waals surface area contributed by atoms with Crippen LogP contribution in [0.1, 0.15) is 11.3 Å². The van der Waals surface area contributed by atoms with Crippen molar-refractivity contribution in [2.75, 3.05) is 0 Å². The van der Waals surface area contributed by atoms with Gasteiger partial charge in [0.2, 0.25) is 0 Å². The Bertz CT molecular complexity index is 452. The molecule has 0 saturated carbocycles. The topological polar surface area (TPSA) is 50.7 Å². The van der Waals surface area contributed by atoms with Crippen LogP contribution in [0.3, 0.4) is 0 Å². The molecule has 1 N–H and O–H groups in total. The van der Waals surface area contributed by atoms with E-state index in [2.05, 4.69) is 20.3 Å². The maximum absolute atomic E-state index is 4.47. The largest absolute Gasteiger partial charge is 0.307 e. The van der Waals surface area contributed by atoms with E-state index in [1.165, 1.54) is 5.56 Å². The van der Waals surface area contributed by atoms with Gasteiger partial charge in [-0.1, -0.05) is 0 Å². The van der Waals surface area contributed by atoms with Crippen LogP contribution in [0.2, 0.25) is 0 Å². The molecule has 3 heterocycles. The second kappa shape index (κ2) is 3.11. The Balaban J connectivity index is 2.09. The van der Waals surface area contributed by atoms with E-state index in [1.54, 1.807) is 16.8 Å². The highest BCUT2D eigenvalue weighted by atomic mass is 32.1. The lowest BCUT2D eigenvalue weighted by molar-refractivity contribution is 0.758. The first-order valence-electron chi connectivity index (χ1n) is 4.37. The summed E-state index contributed by atoms with van der Waals surface area (Å²) in [5, 5.41) is 5.20. The Labute approximate surface area is 85.1 Å². The normalized spacial score (nSPS) is 14.3. The second-order valence-corrected chi connectivity index (χ2v) is 3.86. The predicted molar refractivity (Wildman–Crippen MR) is 53.7 cm³/mol. The first kappa shape index (κ1) is 8.02. The molecule has 0 saturated heterocycles. The van der Waals surface area contributed by atoms with Crippen molar-refractivity contribution in [3.05, 3.63) is 28.3 Å². The number of hydrogen-bond acceptors (Lipinski definition) is 5. The highest BCUT2D eigenvalue weighted by molar-refractivity contribution is 7.07. The molecule has 1 aliphatic rings. The van der Waals surface area contributed by atoms with Gasteiger partial charge in [0, 0.05) is 30.2 Å². The molecule has 0 radical (unpaired) electrons. The van der Waals surface area contributed by atoms with Crippen LogP contribution in [-0.4, -0.2) is 15.0 Å². The fraction of sp³-hybridized carbons (Fsp3) is 0.222. The summed E-state index contributed by atoms with van der Waals surface area (Å²) in [6.45, 7) is 1.72. The number of aromatic nitrogens is 3. The minimum Gasteiger partial charge on any atom is -0.307 e. The molecule has 2 aromatic heterocycles. The first-order valence-corrected chi connectivity index (χ1v) is 5.32. The van der Waals surface area contributed by atoms with Gasteiger partial charge in [-0.2, -0.15) is 0 Å². The first-order chi connectivity index (χ1) is 6.93. The van der Waals surface area contributed by atoms with Crippen LogP contribution in [0.15, 0.2) is 17.1 Å². The summed E-state index contributed by atoms with van der Waals surface area (Å²) in [6.07, 6.45) is 1.89. The van der Waals surface area contributed by atoms with Crippen molar-refractivity contribution in [3.8, 4) is 11.5 Å². The van der Waals surface area contributed by atoms with Gasteiger partial charge in [-0.05, 0) is 0 Å². The standard InChI is InChI=1S/C9H8N4S/c1-6-2-11-9(8-4-14-5-12-8)13-7(6)3-10-1/h2,4-5,10H,1,3H2. The van der Waals surface area contributed by atoms with Crippen molar-refractivity contribution >= 4 is 11.3 Å². The molecule has 70 valence electrons. The molecule has 0 bridgehead atoms. The molecule has 0 amide bonds. The molecule has 0 unspecified atom stereocenters. The smallest absolute Gasteiger partial charge is 0.179 e. The average molecular weight is 204 g/mol. The van der Waals surface area contributed by atoms with Crippen LogP contribution in [-0.2, 0) is 13.1 Å². The summed E-state index contributed by atoms with van der Waals surface area (Å²) < 4.78 is 0. The van der Waals surface area contributed by atoms with E-state index in [4.69, 9.17) is 0 Å². The molecule has 4 nitrogen and oxygen atoms in total. The maximum atomic E-state index is 4.47. The highest BCUT2D eigenvalue weighted by Crippen LogP contribution is 2.18. The van der Waals surface area contributed by atoms with Gasteiger partial charge in [0.05, 0.1) is 11.2 Å². The zero-order valence-electron chi connectivity index (χ0n) is 7.40. The van der Waals surface area contributed by atoms with Crippen molar-refractivity contribution in [2.24, 2.45) is 0 Å². The molecule has 5 heteroatoms.